The first-order valence-electron chi connectivity index (χ1n) is 8.02. The SMILES string of the molecule is CC(C)(C)OC(=O)NCCC1=C[C@@H](C(N)=O)N2C[C@@H]1N(OS(=O)(=O)O)C2=O. The Balaban J connectivity index is 2.12. The molecule has 1 saturated heterocycles. The number of ether oxygens (including phenoxy) is 1. The number of hydrogen-bond acceptors (Lipinski definition) is 7. The second-order valence-electron chi connectivity index (χ2n) is 7.05. The van der Waals surface area contributed by atoms with E-state index in [1.165, 1.54) is 6.08 Å². The minimum absolute atomic E-state index is 0.0553. The van der Waals surface area contributed by atoms with Gasteiger partial charge in [0.1, 0.15) is 17.7 Å². The van der Waals surface area contributed by atoms with Crippen LogP contribution in [0.25, 0.3) is 0 Å². The molecule has 2 aliphatic rings. The predicted molar refractivity (Wildman–Crippen MR) is 90.3 cm³/mol. The van der Waals surface area contributed by atoms with E-state index in [4.69, 9.17) is 15.0 Å². The quantitative estimate of drug-likeness (QED) is 0.393. The van der Waals surface area contributed by atoms with Gasteiger partial charge >= 0.3 is 22.5 Å². The molecule has 4 N–H and O–H groups in total. The maximum absolute atomic E-state index is 12.3. The van der Waals surface area contributed by atoms with Crippen LogP contribution in [-0.4, -0.2) is 71.7 Å². The summed E-state index contributed by atoms with van der Waals surface area (Å²) in [6.45, 7) is 5.15. The van der Waals surface area contributed by atoms with Gasteiger partial charge in [0.2, 0.25) is 5.91 Å². The molecule has 4 amide bonds. The summed E-state index contributed by atoms with van der Waals surface area (Å²) in [5, 5.41) is 2.99. The van der Waals surface area contributed by atoms with E-state index in [1.54, 1.807) is 20.8 Å². The highest BCUT2D eigenvalue weighted by atomic mass is 32.3. The second kappa shape index (κ2) is 7.32. The molecule has 0 unspecified atom stereocenters. The van der Waals surface area contributed by atoms with Crippen molar-refractivity contribution < 1.29 is 36.4 Å². The van der Waals surface area contributed by atoms with E-state index in [0.29, 0.717) is 10.6 Å². The maximum atomic E-state index is 12.3. The number of nitrogens with zero attached hydrogens (tertiary/aromatic N) is 2. The van der Waals surface area contributed by atoms with Crippen molar-refractivity contribution in [3.05, 3.63) is 11.6 Å². The number of hydroxylamine groups is 2. The van der Waals surface area contributed by atoms with Crippen molar-refractivity contribution in [2.75, 3.05) is 13.1 Å². The number of alkyl carbamates (subject to hydrolysis) is 1. The number of rotatable bonds is 6. The van der Waals surface area contributed by atoms with Gasteiger partial charge in [-0.25, -0.2) is 9.59 Å². The van der Waals surface area contributed by atoms with Crippen molar-refractivity contribution in [1.29, 1.82) is 0 Å². The molecular formula is C14H22N4O8S. The van der Waals surface area contributed by atoms with Crippen LogP contribution in [0.3, 0.4) is 0 Å². The van der Waals surface area contributed by atoms with E-state index in [-0.39, 0.29) is 19.5 Å². The maximum Gasteiger partial charge on any atom is 0.418 e. The topological polar surface area (TPSA) is 169 Å². The summed E-state index contributed by atoms with van der Waals surface area (Å²) >= 11 is 0. The molecule has 2 bridgehead atoms. The van der Waals surface area contributed by atoms with Crippen LogP contribution in [0.5, 0.6) is 0 Å². The molecular weight excluding hydrogens is 384 g/mol. The van der Waals surface area contributed by atoms with Crippen LogP contribution in [0.4, 0.5) is 9.59 Å². The summed E-state index contributed by atoms with van der Waals surface area (Å²) in [4.78, 5) is 36.6. The summed E-state index contributed by atoms with van der Waals surface area (Å²) in [7, 11) is -4.95. The number of carbonyl (C=O) groups excluding carboxylic acids is 3. The minimum Gasteiger partial charge on any atom is -0.444 e. The zero-order chi connectivity index (χ0) is 20.6. The molecule has 1 fully saturated rings. The Morgan fingerprint density at radius 3 is 2.56 bits per heavy atom. The highest BCUT2D eigenvalue weighted by Crippen LogP contribution is 2.32. The summed E-state index contributed by atoms with van der Waals surface area (Å²) in [6.07, 6.45) is 0.930. The first kappa shape index (κ1) is 20.9. The Kier molecular flexibility index (Phi) is 5.68. The third-order valence-corrected chi connectivity index (χ3v) is 4.12. The molecule has 2 heterocycles. The van der Waals surface area contributed by atoms with Crippen molar-refractivity contribution in [1.82, 2.24) is 15.3 Å². The lowest BCUT2D eigenvalue weighted by Gasteiger charge is -2.27. The number of fused-ring (bicyclic) bond motifs is 2. The molecule has 12 nitrogen and oxygen atoms in total. The van der Waals surface area contributed by atoms with E-state index in [2.05, 4.69) is 9.60 Å². The molecule has 2 atom stereocenters. The van der Waals surface area contributed by atoms with E-state index >= 15 is 0 Å². The van der Waals surface area contributed by atoms with Crippen molar-refractivity contribution in [3.63, 3.8) is 0 Å². The normalized spacial score (nSPS) is 22.5. The molecule has 27 heavy (non-hydrogen) atoms. The number of amides is 4. The summed E-state index contributed by atoms with van der Waals surface area (Å²) in [5.74, 6) is -0.812. The zero-order valence-electron chi connectivity index (χ0n) is 15.0. The highest BCUT2D eigenvalue weighted by Gasteiger charge is 2.49. The van der Waals surface area contributed by atoms with Gasteiger partial charge in [-0.3, -0.25) is 9.35 Å². The molecule has 0 aliphatic carbocycles. The van der Waals surface area contributed by atoms with Crippen LogP contribution >= 0.6 is 0 Å². The fraction of sp³-hybridized carbons (Fsp3) is 0.643. The monoisotopic (exact) mass is 406 g/mol. The van der Waals surface area contributed by atoms with Gasteiger partial charge in [0.25, 0.3) is 0 Å². The number of hydrogen-bond donors (Lipinski definition) is 3. The lowest BCUT2D eigenvalue weighted by Crippen LogP contribution is -2.47. The largest absolute Gasteiger partial charge is 0.444 e. The average molecular weight is 406 g/mol. The first-order chi connectivity index (χ1) is 12.3. The highest BCUT2D eigenvalue weighted by molar-refractivity contribution is 7.80. The van der Waals surface area contributed by atoms with Crippen LogP contribution in [0.15, 0.2) is 11.6 Å². The first-order valence-corrected chi connectivity index (χ1v) is 9.38. The van der Waals surface area contributed by atoms with Gasteiger partial charge in [0, 0.05) is 6.54 Å². The molecule has 13 heteroatoms. The number of nitrogens with one attached hydrogen (secondary N) is 1. The molecule has 2 aliphatic heterocycles. The minimum atomic E-state index is -4.95. The van der Waals surface area contributed by atoms with Crippen molar-refractivity contribution >= 4 is 28.4 Å². The number of primary amides is 1. The Bertz CT molecular complexity index is 772. The van der Waals surface area contributed by atoms with Gasteiger partial charge in [-0.05, 0) is 32.8 Å². The predicted octanol–water partition coefficient (Wildman–Crippen LogP) is -0.464. The summed E-state index contributed by atoms with van der Waals surface area (Å²) in [6, 6.07) is -2.89. The Morgan fingerprint density at radius 2 is 2.04 bits per heavy atom. The molecule has 0 spiro atoms. The van der Waals surface area contributed by atoms with E-state index in [9.17, 15) is 22.8 Å². The van der Waals surface area contributed by atoms with Crippen LogP contribution in [0, 0.1) is 0 Å². The van der Waals surface area contributed by atoms with Crippen LogP contribution in [0.1, 0.15) is 27.2 Å². The van der Waals surface area contributed by atoms with Crippen molar-refractivity contribution in [2.45, 2.75) is 44.9 Å². The molecule has 0 aromatic rings. The standard InChI is InChI=1S/C14H22N4O8S/c1-14(2,3)25-12(20)16-5-4-8-6-9(11(15)19)17-7-10(8)18(13(17)21)26-27(22,23)24/h6,9-10H,4-5,7H2,1-3H3,(H2,15,19)(H,16,20)(H,22,23,24)/t9-,10-/m0/s1. The number of carbonyl (C=O) groups is 3. The van der Waals surface area contributed by atoms with E-state index < -0.39 is 46.1 Å². The molecule has 2 rings (SSSR count). The summed E-state index contributed by atoms with van der Waals surface area (Å²) < 4.78 is 40.4. The molecule has 0 aromatic heterocycles. The third kappa shape index (κ3) is 5.30. The number of urea groups is 1. The molecule has 0 radical (unpaired) electrons. The van der Waals surface area contributed by atoms with E-state index in [0.717, 1.165) is 4.90 Å². The fourth-order valence-corrected chi connectivity index (χ4v) is 3.17. The molecule has 0 saturated carbocycles. The van der Waals surface area contributed by atoms with Gasteiger partial charge in [0.05, 0.1) is 6.54 Å². The zero-order valence-corrected chi connectivity index (χ0v) is 15.9. The van der Waals surface area contributed by atoms with Gasteiger partial charge in [0.15, 0.2) is 0 Å². The Morgan fingerprint density at radius 1 is 1.41 bits per heavy atom. The van der Waals surface area contributed by atoms with Gasteiger partial charge in [-0.15, -0.1) is 4.28 Å². The Labute approximate surface area is 156 Å². The van der Waals surface area contributed by atoms with Gasteiger partial charge in [-0.1, -0.05) is 6.08 Å². The molecule has 152 valence electrons. The van der Waals surface area contributed by atoms with Crippen LogP contribution in [-0.2, 0) is 24.2 Å². The van der Waals surface area contributed by atoms with E-state index in [1.807, 2.05) is 0 Å². The smallest absolute Gasteiger partial charge is 0.418 e. The molecule has 0 aromatic carbocycles. The second-order valence-corrected chi connectivity index (χ2v) is 8.05. The van der Waals surface area contributed by atoms with Gasteiger partial charge < -0.3 is 20.7 Å². The summed E-state index contributed by atoms with van der Waals surface area (Å²) in [5.41, 5.74) is 5.07. The number of nitrogens with two attached hydrogens (primary N) is 1. The average Bonchev–Trinajstić information content (AvgIpc) is 2.72. The lowest BCUT2D eigenvalue weighted by atomic mass is 9.97. The van der Waals surface area contributed by atoms with Gasteiger partial charge in [-0.2, -0.15) is 13.5 Å². The fourth-order valence-electron chi connectivity index (χ4n) is 2.80. The van der Waals surface area contributed by atoms with Crippen molar-refractivity contribution in [3.8, 4) is 0 Å². The van der Waals surface area contributed by atoms with Crippen LogP contribution < -0.4 is 11.1 Å². The lowest BCUT2D eigenvalue weighted by molar-refractivity contribution is -0.120. The van der Waals surface area contributed by atoms with Crippen LogP contribution in [0.2, 0.25) is 0 Å². The Hall–Kier alpha value is -2.38. The van der Waals surface area contributed by atoms with Crippen molar-refractivity contribution in [2.24, 2.45) is 5.73 Å². The third-order valence-electron chi connectivity index (χ3n) is 3.77.